The van der Waals surface area contributed by atoms with Crippen LogP contribution in [0.1, 0.15) is 31.7 Å². The Labute approximate surface area is 132 Å². The van der Waals surface area contributed by atoms with Gasteiger partial charge in [-0.25, -0.2) is 0 Å². The van der Waals surface area contributed by atoms with Crippen LogP contribution in [0.15, 0.2) is 30.3 Å². The van der Waals surface area contributed by atoms with Gasteiger partial charge in [0, 0.05) is 13.1 Å². The summed E-state index contributed by atoms with van der Waals surface area (Å²) < 4.78 is 0. The molecule has 0 radical (unpaired) electrons. The third-order valence-corrected chi connectivity index (χ3v) is 4.54. The molecule has 1 amide bonds. The summed E-state index contributed by atoms with van der Waals surface area (Å²) in [4.78, 5) is 15.0. The number of nitrogens with zero attached hydrogens (tertiary/aromatic N) is 1. The maximum Gasteiger partial charge on any atom is 0.232 e. The number of nitrogens with two attached hydrogens (primary N) is 1. The third-order valence-electron chi connectivity index (χ3n) is 4.25. The van der Waals surface area contributed by atoms with Gasteiger partial charge in [-0.1, -0.05) is 49.5 Å². The number of thiocarbonyl (C=S) groups is 1. The molecule has 114 valence electrons. The Bertz CT molecular complexity index is 489. The van der Waals surface area contributed by atoms with Crippen LogP contribution in [-0.4, -0.2) is 28.9 Å². The first-order valence-electron chi connectivity index (χ1n) is 7.70. The van der Waals surface area contributed by atoms with Crippen molar-refractivity contribution in [2.45, 2.75) is 32.6 Å². The number of likely N-dealkylation sites (tertiary alicyclic amines) is 1. The molecule has 2 unspecified atom stereocenters. The van der Waals surface area contributed by atoms with E-state index in [1.54, 1.807) is 0 Å². The van der Waals surface area contributed by atoms with E-state index in [4.69, 9.17) is 18.0 Å². The zero-order chi connectivity index (χ0) is 15.2. The van der Waals surface area contributed by atoms with Crippen LogP contribution in [0.2, 0.25) is 0 Å². The van der Waals surface area contributed by atoms with Crippen LogP contribution in [0.4, 0.5) is 0 Å². The molecule has 0 saturated carbocycles. The fourth-order valence-electron chi connectivity index (χ4n) is 2.86. The van der Waals surface area contributed by atoms with E-state index in [1.807, 2.05) is 35.2 Å². The normalized spacial score (nSPS) is 20.6. The van der Waals surface area contributed by atoms with E-state index in [0.29, 0.717) is 17.3 Å². The molecule has 4 heteroatoms. The molecule has 1 aromatic rings. The largest absolute Gasteiger partial charge is 0.393 e. The molecule has 0 spiro atoms. The van der Waals surface area contributed by atoms with Crippen LogP contribution >= 0.6 is 12.2 Å². The topological polar surface area (TPSA) is 46.3 Å². The number of amides is 1. The van der Waals surface area contributed by atoms with E-state index in [1.165, 1.54) is 6.42 Å². The second-order valence-electron chi connectivity index (χ2n) is 6.01. The standard InChI is InChI=1S/C17H24N2OS/c1-13-6-5-10-19(11-9-13)17(20)15(16(18)21)12-14-7-3-2-4-8-14/h2-4,7-8,13,15H,5-6,9-12H2,1H3,(H2,18,21). The van der Waals surface area contributed by atoms with Gasteiger partial charge >= 0.3 is 0 Å². The monoisotopic (exact) mass is 304 g/mol. The minimum absolute atomic E-state index is 0.0976. The van der Waals surface area contributed by atoms with Crippen molar-refractivity contribution in [2.75, 3.05) is 13.1 Å². The molecule has 21 heavy (non-hydrogen) atoms. The van der Waals surface area contributed by atoms with Crippen LogP contribution in [0.3, 0.4) is 0 Å². The fraction of sp³-hybridized carbons (Fsp3) is 0.529. The molecule has 1 saturated heterocycles. The molecule has 1 aromatic carbocycles. The summed E-state index contributed by atoms with van der Waals surface area (Å²) in [5.74, 6) is 0.413. The molecule has 0 bridgehead atoms. The van der Waals surface area contributed by atoms with Crippen LogP contribution in [0, 0.1) is 11.8 Å². The fourth-order valence-corrected chi connectivity index (χ4v) is 3.05. The molecule has 2 atom stereocenters. The summed E-state index contributed by atoms with van der Waals surface area (Å²) in [6.07, 6.45) is 3.94. The molecule has 2 N–H and O–H groups in total. The van der Waals surface area contributed by atoms with Crippen molar-refractivity contribution < 1.29 is 4.79 Å². The summed E-state index contributed by atoms with van der Waals surface area (Å²) in [5.41, 5.74) is 6.95. The van der Waals surface area contributed by atoms with Gasteiger partial charge in [0.05, 0.1) is 10.9 Å². The van der Waals surface area contributed by atoms with Crippen molar-refractivity contribution in [1.82, 2.24) is 4.90 Å². The highest BCUT2D eigenvalue weighted by atomic mass is 32.1. The van der Waals surface area contributed by atoms with E-state index in [9.17, 15) is 4.79 Å². The molecule has 3 nitrogen and oxygen atoms in total. The summed E-state index contributed by atoms with van der Waals surface area (Å²) in [6.45, 7) is 3.91. The smallest absolute Gasteiger partial charge is 0.232 e. The quantitative estimate of drug-likeness (QED) is 0.870. The second-order valence-corrected chi connectivity index (χ2v) is 6.48. The Morgan fingerprint density at radius 2 is 2.05 bits per heavy atom. The van der Waals surface area contributed by atoms with E-state index < -0.39 is 0 Å². The Balaban J connectivity index is 2.06. The number of hydrogen-bond acceptors (Lipinski definition) is 2. The Hall–Kier alpha value is -1.42. The van der Waals surface area contributed by atoms with E-state index >= 15 is 0 Å². The summed E-state index contributed by atoms with van der Waals surface area (Å²) in [5, 5.41) is 0. The van der Waals surface area contributed by atoms with Gasteiger partial charge < -0.3 is 10.6 Å². The highest BCUT2D eigenvalue weighted by Crippen LogP contribution is 2.20. The lowest BCUT2D eigenvalue weighted by Gasteiger charge is -2.25. The average molecular weight is 304 g/mol. The first-order valence-corrected chi connectivity index (χ1v) is 8.10. The number of benzene rings is 1. The van der Waals surface area contributed by atoms with Gasteiger partial charge in [-0.2, -0.15) is 0 Å². The summed E-state index contributed by atoms with van der Waals surface area (Å²) in [6, 6.07) is 9.96. The van der Waals surface area contributed by atoms with Crippen molar-refractivity contribution in [1.29, 1.82) is 0 Å². The predicted molar refractivity (Wildman–Crippen MR) is 90.0 cm³/mol. The molecule has 1 fully saturated rings. The highest BCUT2D eigenvalue weighted by Gasteiger charge is 2.28. The Morgan fingerprint density at radius 3 is 2.71 bits per heavy atom. The minimum Gasteiger partial charge on any atom is -0.393 e. The van der Waals surface area contributed by atoms with Crippen molar-refractivity contribution in [3.63, 3.8) is 0 Å². The zero-order valence-electron chi connectivity index (χ0n) is 12.6. The van der Waals surface area contributed by atoms with E-state index in [2.05, 4.69) is 6.92 Å². The number of rotatable bonds is 4. The zero-order valence-corrected chi connectivity index (χ0v) is 13.4. The van der Waals surface area contributed by atoms with Gasteiger partial charge in [0.25, 0.3) is 0 Å². The van der Waals surface area contributed by atoms with Gasteiger partial charge in [-0.05, 0) is 37.2 Å². The lowest BCUT2D eigenvalue weighted by Crippen LogP contribution is -2.42. The van der Waals surface area contributed by atoms with Gasteiger partial charge in [0.15, 0.2) is 0 Å². The van der Waals surface area contributed by atoms with Crippen LogP contribution in [0.5, 0.6) is 0 Å². The first-order chi connectivity index (χ1) is 10.1. The van der Waals surface area contributed by atoms with E-state index in [0.717, 1.165) is 31.5 Å². The van der Waals surface area contributed by atoms with Gasteiger partial charge in [-0.3, -0.25) is 4.79 Å². The van der Waals surface area contributed by atoms with Crippen molar-refractivity contribution >= 4 is 23.1 Å². The lowest BCUT2D eigenvalue weighted by atomic mass is 9.97. The van der Waals surface area contributed by atoms with Crippen LogP contribution < -0.4 is 5.73 Å². The first kappa shape index (κ1) is 16.0. The number of hydrogen-bond donors (Lipinski definition) is 1. The van der Waals surface area contributed by atoms with Crippen molar-refractivity contribution in [3.05, 3.63) is 35.9 Å². The predicted octanol–water partition coefficient (Wildman–Crippen LogP) is 2.78. The minimum atomic E-state index is -0.379. The molecule has 1 aliphatic rings. The van der Waals surface area contributed by atoms with Crippen molar-refractivity contribution in [2.24, 2.45) is 17.6 Å². The molecular weight excluding hydrogens is 280 g/mol. The second kappa shape index (κ2) is 7.55. The summed E-state index contributed by atoms with van der Waals surface area (Å²) >= 11 is 5.15. The highest BCUT2D eigenvalue weighted by molar-refractivity contribution is 7.80. The van der Waals surface area contributed by atoms with E-state index in [-0.39, 0.29) is 11.8 Å². The van der Waals surface area contributed by atoms with Gasteiger partial charge in [-0.15, -0.1) is 0 Å². The SMILES string of the molecule is CC1CCCN(C(=O)C(Cc2ccccc2)C(N)=S)CC1. The maximum atomic E-state index is 12.8. The molecule has 2 rings (SSSR count). The third kappa shape index (κ3) is 4.53. The van der Waals surface area contributed by atoms with Crippen LogP contribution in [-0.2, 0) is 11.2 Å². The number of carbonyl (C=O) groups is 1. The molecule has 1 aliphatic heterocycles. The Morgan fingerprint density at radius 1 is 1.33 bits per heavy atom. The van der Waals surface area contributed by atoms with Crippen molar-refractivity contribution in [3.8, 4) is 0 Å². The van der Waals surface area contributed by atoms with Gasteiger partial charge in [0.1, 0.15) is 0 Å². The molecule has 0 aromatic heterocycles. The van der Waals surface area contributed by atoms with Gasteiger partial charge in [0.2, 0.25) is 5.91 Å². The average Bonchev–Trinajstić information content (AvgIpc) is 2.69. The molecule has 1 heterocycles. The van der Waals surface area contributed by atoms with Crippen LogP contribution in [0.25, 0.3) is 0 Å². The maximum absolute atomic E-state index is 12.8. The molecule has 0 aliphatic carbocycles. The Kier molecular flexibility index (Phi) is 5.74. The summed E-state index contributed by atoms with van der Waals surface area (Å²) in [7, 11) is 0. The number of carbonyl (C=O) groups excluding carboxylic acids is 1. The lowest BCUT2D eigenvalue weighted by molar-refractivity contribution is -0.133. The molecular formula is C17H24N2OS.